The van der Waals surface area contributed by atoms with Gasteiger partial charge in [-0.15, -0.1) is 0 Å². The molecule has 82 valence electrons. The molecule has 2 nitrogen and oxygen atoms in total. The summed E-state index contributed by atoms with van der Waals surface area (Å²) in [4.78, 5) is 0. The van der Waals surface area contributed by atoms with Crippen LogP contribution >= 0.6 is 0 Å². The van der Waals surface area contributed by atoms with Crippen molar-refractivity contribution in [2.24, 2.45) is 5.73 Å². The van der Waals surface area contributed by atoms with E-state index >= 15 is 0 Å². The molecule has 0 amide bonds. The van der Waals surface area contributed by atoms with E-state index in [2.05, 4.69) is 4.74 Å². The molecule has 6 heteroatoms. The second kappa shape index (κ2) is 4.16. The Balaban J connectivity index is 2.55. The Morgan fingerprint density at radius 3 is 2.64 bits per heavy atom. The molecule has 2 N–H and O–H groups in total. The summed E-state index contributed by atoms with van der Waals surface area (Å²) in [7, 11) is 0. The first-order valence-corrected chi connectivity index (χ1v) is 4.22. The first-order valence-electron chi connectivity index (χ1n) is 4.22. The lowest BCUT2D eigenvalue weighted by Gasteiger charge is -2.24. The molecule has 0 aromatic rings. The van der Waals surface area contributed by atoms with Crippen LogP contribution < -0.4 is 5.73 Å². The van der Waals surface area contributed by atoms with Gasteiger partial charge in [0.2, 0.25) is 0 Å². The first kappa shape index (κ1) is 11.3. The van der Waals surface area contributed by atoms with Gasteiger partial charge in [0.25, 0.3) is 0 Å². The fourth-order valence-corrected chi connectivity index (χ4v) is 1.26. The van der Waals surface area contributed by atoms with E-state index in [1.54, 1.807) is 0 Å². The third kappa shape index (κ3) is 2.87. The van der Waals surface area contributed by atoms with Gasteiger partial charge in [-0.25, -0.2) is 8.78 Å². The summed E-state index contributed by atoms with van der Waals surface area (Å²) in [6.07, 6.45) is -6.47. The van der Waals surface area contributed by atoms with Crippen LogP contribution in [0, 0.1) is 0 Å². The predicted octanol–water partition coefficient (Wildman–Crippen LogP) is 2.26. The van der Waals surface area contributed by atoms with Gasteiger partial charge >= 0.3 is 12.5 Å². The summed E-state index contributed by atoms with van der Waals surface area (Å²) in [5.74, 6) is 0. The third-order valence-electron chi connectivity index (χ3n) is 1.92. The van der Waals surface area contributed by atoms with Crippen LogP contribution in [0.1, 0.15) is 19.3 Å². The number of allylic oxidation sites excluding steroid dienone is 1. The zero-order valence-electron chi connectivity index (χ0n) is 7.35. The van der Waals surface area contributed by atoms with E-state index in [4.69, 9.17) is 5.73 Å². The highest BCUT2D eigenvalue weighted by atomic mass is 19.3. The highest BCUT2D eigenvalue weighted by Crippen LogP contribution is 2.29. The van der Waals surface area contributed by atoms with E-state index in [0.717, 1.165) is 0 Å². The molecule has 1 unspecified atom stereocenters. The Bertz CT molecular complexity index is 229. The van der Waals surface area contributed by atoms with Crippen molar-refractivity contribution in [3.8, 4) is 0 Å². The molecule has 0 heterocycles. The van der Waals surface area contributed by atoms with Gasteiger partial charge in [-0.2, -0.15) is 8.78 Å². The lowest BCUT2D eigenvalue weighted by molar-refractivity contribution is -0.313. The third-order valence-corrected chi connectivity index (χ3v) is 1.92. The van der Waals surface area contributed by atoms with Gasteiger partial charge in [0.1, 0.15) is 0 Å². The van der Waals surface area contributed by atoms with E-state index in [1.165, 1.54) is 6.08 Å². The van der Waals surface area contributed by atoms with Gasteiger partial charge in [0, 0.05) is 5.70 Å². The number of nitrogens with two attached hydrogens (primary N) is 1. The minimum atomic E-state index is -4.39. The maximum Gasteiger partial charge on any atom is 0.417 e. The van der Waals surface area contributed by atoms with Crippen LogP contribution in [-0.4, -0.2) is 18.6 Å². The number of rotatable bonds is 3. The monoisotopic (exact) mass is 213 g/mol. The van der Waals surface area contributed by atoms with Crippen molar-refractivity contribution in [3.05, 3.63) is 11.8 Å². The van der Waals surface area contributed by atoms with Gasteiger partial charge in [-0.05, 0) is 25.3 Å². The van der Waals surface area contributed by atoms with Crippen molar-refractivity contribution in [2.75, 3.05) is 0 Å². The average molecular weight is 213 g/mol. The maximum atomic E-state index is 12.4. The molecule has 0 aromatic heterocycles. The number of hydrogen-bond donors (Lipinski definition) is 1. The minimum absolute atomic E-state index is 0.295. The number of halogens is 4. The quantitative estimate of drug-likeness (QED) is 0.730. The molecule has 0 radical (unpaired) electrons. The molecule has 0 saturated carbocycles. The summed E-state index contributed by atoms with van der Waals surface area (Å²) in [5.41, 5.74) is 5.78. The zero-order chi connectivity index (χ0) is 10.8. The largest absolute Gasteiger partial charge is 0.417 e. The van der Waals surface area contributed by atoms with Crippen molar-refractivity contribution >= 4 is 0 Å². The van der Waals surface area contributed by atoms with Crippen molar-refractivity contribution in [3.63, 3.8) is 0 Å². The average Bonchev–Trinajstić information content (AvgIpc) is 2.02. The van der Waals surface area contributed by atoms with Gasteiger partial charge in [-0.1, -0.05) is 0 Å². The van der Waals surface area contributed by atoms with E-state index < -0.39 is 18.6 Å². The second-order valence-electron chi connectivity index (χ2n) is 3.15. The SMILES string of the molecule is NC1=CC(OC(F)(F)C(F)F)CCC1. The smallest absolute Gasteiger partial charge is 0.402 e. The Labute approximate surface area is 78.7 Å². The van der Waals surface area contributed by atoms with E-state index in [-0.39, 0.29) is 0 Å². The first-order chi connectivity index (χ1) is 6.42. The summed E-state index contributed by atoms with van der Waals surface area (Å²) < 4.78 is 52.3. The number of ether oxygens (including phenoxy) is 1. The van der Waals surface area contributed by atoms with E-state index in [0.29, 0.717) is 25.0 Å². The van der Waals surface area contributed by atoms with Crippen molar-refractivity contribution in [1.29, 1.82) is 0 Å². The van der Waals surface area contributed by atoms with Crippen molar-refractivity contribution < 1.29 is 22.3 Å². The van der Waals surface area contributed by atoms with Crippen LogP contribution in [0.5, 0.6) is 0 Å². The molecule has 0 fully saturated rings. The Kier molecular flexibility index (Phi) is 3.36. The molecule has 1 atom stereocenters. The zero-order valence-corrected chi connectivity index (χ0v) is 7.35. The van der Waals surface area contributed by atoms with Gasteiger partial charge in [-0.3, -0.25) is 0 Å². The highest BCUT2D eigenvalue weighted by Gasteiger charge is 2.44. The molecule has 0 aromatic carbocycles. The number of alkyl halides is 4. The van der Waals surface area contributed by atoms with Crippen LogP contribution in [0.2, 0.25) is 0 Å². The molecule has 14 heavy (non-hydrogen) atoms. The predicted molar refractivity (Wildman–Crippen MR) is 41.9 cm³/mol. The van der Waals surface area contributed by atoms with Crippen LogP contribution in [0.15, 0.2) is 11.8 Å². The lowest BCUT2D eigenvalue weighted by Crippen LogP contribution is -2.35. The Hall–Kier alpha value is -0.780. The van der Waals surface area contributed by atoms with Gasteiger partial charge in [0.05, 0.1) is 6.10 Å². The summed E-state index contributed by atoms with van der Waals surface area (Å²) in [5, 5.41) is 0. The van der Waals surface area contributed by atoms with Gasteiger partial charge in [0.15, 0.2) is 0 Å². The second-order valence-corrected chi connectivity index (χ2v) is 3.15. The van der Waals surface area contributed by atoms with Crippen LogP contribution in [0.25, 0.3) is 0 Å². The van der Waals surface area contributed by atoms with Crippen LogP contribution in [0.3, 0.4) is 0 Å². The standard InChI is InChI=1S/C8H11F4NO/c9-7(10)8(11,12)14-6-3-1-2-5(13)4-6/h4,6-7H,1-3,13H2. The molecule has 0 bridgehead atoms. The number of hydrogen-bond acceptors (Lipinski definition) is 2. The molecule has 0 spiro atoms. The van der Waals surface area contributed by atoms with Crippen molar-refractivity contribution in [1.82, 2.24) is 0 Å². The van der Waals surface area contributed by atoms with Crippen LogP contribution in [0.4, 0.5) is 17.6 Å². The van der Waals surface area contributed by atoms with Crippen LogP contribution in [-0.2, 0) is 4.74 Å². The minimum Gasteiger partial charge on any atom is -0.402 e. The topological polar surface area (TPSA) is 35.2 Å². The summed E-state index contributed by atoms with van der Waals surface area (Å²) >= 11 is 0. The Morgan fingerprint density at radius 1 is 1.50 bits per heavy atom. The van der Waals surface area contributed by atoms with E-state index in [1.807, 2.05) is 0 Å². The maximum absolute atomic E-state index is 12.4. The van der Waals surface area contributed by atoms with Crippen molar-refractivity contribution in [2.45, 2.75) is 37.9 Å². The molecule has 0 saturated heterocycles. The normalized spacial score (nSPS) is 23.8. The van der Waals surface area contributed by atoms with E-state index in [9.17, 15) is 17.6 Å². The highest BCUT2D eigenvalue weighted by molar-refractivity contribution is 5.04. The summed E-state index contributed by atoms with van der Waals surface area (Å²) in [6.45, 7) is 0. The molecule has 1 rings (SSSR count). The molecule has 0 aliphatic heterocycles. The fourth-order valence-electron chi connectivity index (χ4n) is 1.26. The molecule has 1 aliphatic carbocycles. The summed E-state index contributed by atoms with van der Waals surface area (Å²) in [6, 6.07) is 0. The lowest BCUT2D eigenvalue weighted by atomic mass is 10.0. The molecule has 1 aliphatic rings. The Morgan fingerprint density at radius 2 is 2.14 bits per heavy atom. The molecular weight excluding hydrogens is 202 g/mol. The molecular formula is C8H11F4NO. The fraction of sp³-hybridized carbons (Fsp3) is 0.750. The van der Waals surface area contributed by atoms with Gasteiger partial charge < -0.3 is 10.5 Å².